The zero-order chi connectivity index (χ0) is 20.1. The van der Waals surface area contributed by atoms with Crippen LogP contribution in [0, 0.1) is 5.82 Å². The number of aromatic nitrogens is 2. The Balaban J connectivity index is 1.32. The van der Waals surface area contributed by atoms with Crippen LogP contribution < -0.4 is 14.8 Å². The highest BCUT2D eigenvalue weighted by atomic mass is 19.1. The van der Waals surface area contributed by atoms with E-state index in [-0.39, 0.29) is 12.5 Å². The zero-order valence-corrected chi connectivity index (χ0v) is 15.4. The fourth-order valence-corrected chi connectivity index (χ4v) is 2.78. The smallest absolute Gasteiger partial charge is 0.262 e. The van der Waals surface area contributed by atoms with Crippen LogP contribution >= 0.6 is 0 Å². The highest BCUT2D eigenvalue weighted by Crippen LogP contribution is 2.19. The largest absolute Gasteiger partial charge is 0.487 e. The third-order valence-corrected chi connectivity index (χ3v) is 4.08. The number of pyridine rings is 1. The summed E-state index contributed by atoms with van der Waals surface area (Å²) < 4.78 is 26.1. The molecule has 0 saturated carbocycles. The summed E-state index contributed by atoms with van der Waals surface area (Å²) in [5.41, 5.74) is 2.23. The van der Waals surface area contributed by atoms with E-state index >= 15 is 0 Å². The van der Waals surface area contributed by atoms with E-state index in [2.05, 4.69) is 10.3 Å². The van der Waals surface area contributed by atoms with Gasteiger partial charge in [-0.25, -0.2) is 9.37 Å². The second-order valence-corrected chi connectivity index (χ2v) is 6.31. The van der Waals surface area contributed by atoms with Gasteiger partial charge >= 0.3 is 0 Å². The highest BCUT2D eigenvalue weighted by Gasteiger charge is 2.07. The zero-order valence-electron chi connectivity index (χ0n) is 15.4. The minimum atomic E-state index is -0.418. The van der Waals surface area contributed by atoms with Gasteiger partial charge in [0.25, 0.3) is 5.91 Å². The van der Waals surface area contributed by atoms with Gasteiger partial charge in [0, 0.05) is 30.2 Å². The number of ether oxygens (including phenoxy) is 2. The van der Waals surface area contributed by atoms with Crippen molar-refractivity contribution in [1.82, 2.24) is 9.38 Å². The van der Waals surface area contributed by atoms with Crippen molar-refractivity contribution in [2.24, 2.45) is 0 Å². The standard InChI is InChI=1S/C22H18FN3O3/c23-16-5-3-7-19(11-16)29-15-22(27)25-17-6-4-8-20(12-17)28-14-18-13-26-10-2-1-9-21(26)24-18/h1-13H,14-15H2,(H,25,27). The number of carbonyl (C=O) groups excluding carboxylic acids is 1. The number of amides is 1. The topological polar surface area (TPSA) is 64.9 Å². The van der Waals surface area contributed by atoms with Gasteiger partial charge in [0.2, 0.25) is 0 Å². The van der Waals surface area contributed by atoms with Crippen molar-refractivity contribution in [3.8, 4) is 11.5 Å². The van der Waals surface area contributed by atoms with E-state index in [0.717, 1.165) is 11.3 Å². The lowest BCUT2D eigenvalue weighted by Crippen LogP contribution is -2.20. The lowest BCUT2D eigenvalue weighted by atomic mass is 10.3. The average molecular weight is 391 g/mol. The van der Waals surface area contributed by atoms with Gasteiger partial charge < -0.3 is 19.2 Å². The van der Waals surface area contributed by atoms with Crippen molar-refractivity contribution in [3.05, 3.63) is 90.6 Å². The number of hydrogen-bond donors (Lipinski definition) is 1. The predicted molar refractivity (Wildman–Crippen MR) is 106 cm³/mol. The maximum Gasteiger partial charge on any atom is 0.262 e. The van der Waals surface area contributed by atoms with Gasteiger partial charge in [-0.15, -0.1) is 0 Å². The van der Waals surface area contributed by atoms with Crippen LogP contribution in [0.25, 0.3) is 5.65 Å². The van der Waals surface area contributed by atoms with E-state index < -0.39 is 5.82 Å². The van der Waals surface area contributed by atoms with E-state index in [9.17, 15) is 9.18 Å². The third kappa shape index (κ3) is 4.90. The van der Waals surface area contributed by atoms with Gasteiger partial charge in [0.15, 0.2) is 6.61 Å². The summed E-state index contributed by atoms with van der Waals surface area (Å²) in [5, 5.41) is 2.73. The number of rotatable bonds is 7. The fourth-order valence-electron chi connectivity index (χ4n) is 2.78. The Morgan fingerprint density at radius 2 is 1.83 bits per heavy atom. The lowest BCUT2D eigenvalue weighted by Gasteiger charge is -2.09. The monoisotopic (exact) mass is 391 g/mol. The molecule has 0 aliphatic carbocycles. The molecule has 2 heterocycles. The molecule has 4 rings (SSSR count). The van der Waals surface area contributed by atoms with Crippen molar-refractivity contribution in [2.75, 3.05) is 11.9 Å². The van der Waals surface area contributed by atoms with Crippen LogP contribution in [-0.2, 0) is 11.4 Å². The SMILES string of the molecule is O=C(COc1cccc(F)c1)Nc1cccc(OCc2cn3ccccc3n2)c1. The van der Waals surface area contributed by atoms with Gasteiger partial charge in [-0.1, -0.05) is 18.2 Å². The van der Waals surface area contributed by atoms with E-state index in [1.54, 1.807) is 30.3 Å². The average Bonchev–Trinajstić information content (AvgIpc) is 3.14. The second-order valence-electron chi connectivity index (χ2n) is 6.31. The number of hydrogen-bond acceptors (Lipinski definition) is 4. The second kappa shape index (κ2) is 8.43. The first kappa shape index (κ1) is 18.5. The van der Waals surface area contributed by atoms with Crippen molar-refractivity contribution >= 4 is 17.2 Å². The Morgan fingerprint density at radius 1 is 1.00 bits per heavy atom. The van der Waals surface area contributed by atoms with Gasteiger partial charge in [-0.05, 0) is 36.4 Å². The number of carbonyl (C=O) groups is 1. The molecule has 0 saturated heterocycles. The Kier molecular flexibility index (Phi) is 5.38. The van der Waals surface area contributed by atoms with E-state index in [4.69, 9.17) is 9.47 Å². The number of imidazole rings is 1. The molecule has 0 spiro atoms. The van der Waals surface area contributed by atoms with Crippen molar-refractivity contribution in [3.63, 3.8) is 0 Å². The molecule has 0 unspecified atom stereocenters. The molecule has 0 fully saturated rings. The molecule has 6 nitrogen and oxygen atoms in total. The molecule has 4 aromatic rings. The van der Waals surface area contributed by atoms with Crippen LogP contribution in [0.3, 0.4) is 0 Å². The van der Waals surface area contributed by atoms with Crippen molar-refractivity contribution < 1.29 is 18.7 Å². The molecule has 0 aliphatic heterocycles. The molecule has 0 radical (unpaired) electrons. The Labute approximate surface area is 166 Å². The molecule has 7 heteroatoms. The summed E-state index contributed by atoms with van der Waals surface area (Å²) >= 11 is 0. The molecule has 1 amide bonds. The number of fused-ring (bicyclic) bond motifs is 1. The van der Waals surface area contributed by atoms with E-state index in [1.807, 2.05) is 35.0 Å². The molecule has 0 aliphatic rings. The number of nitrogens with one attached hydrogen (secondary N) is 1. The van der Waals surface area contributed by atoms with E-state index in [0.29, 0.717) is 23.8 Å². The third-order valence-electron chi connectivity index (χ3n) is 4.08. The van der Waals surface area contributed by atoms with Crippen molar-refractivity contribution in [2.45, 2.75) is 6.61 Å². The molecular formula is C22H18FN3O3. The molecule has 2 aromatic carbocycles. The van der Waals surface area contributed by atoms with Crippen LogP contribution in [0.4, 0.5) is 10.1 Å². The summed E-state index contributed by atoms with van der Waals surface area (Å²) in [6, 6.07) is 18.5. The van der Waals surface area contributed by atoms with Crippen LogP contribution in [-0.4, -0.2) is 21.9 Å². The molecular weight excluding hydrogens is 373 g/mol. The first-order chi connectivity index (χ1) is 14.2. The van der Waals surface area contributed by atoms with Crippen molar-refractivity contribution in [1.29, 1.82) is 0 Å². The summed E-state index contributed by atoms with van der Waals surface area (Å²) in [5.74, 6) is 0.126. The summed E-state index contributed by atoms with van der Waals surface area (Å²) in [6.45, 7) is 0.0809. The van der Waals surface area contributed by atoms with Crippen LogP contribution in [0.15, 0.2) is 79.1 Å². The minimum Gasteiger partial charge on any atom is -0.487 e. The fraction of sp³-hybridized carbons (Fsp3) is 0.0909. The maximum atomic E-state index is 13.1. The number of anilines is 1. The van der Waals surface area contributed by atoms with Crippen LogP contribution in [0.5, 0.6) is 11.5 Å². The number of benzene rings is 2. The molecule has 0 bridgehead atoms. The summed E-state index contributed by atoms with van der Waals surface area (Å²) in [7, 11) is 0. The number of halogens is 1. The maximum absolute atomic E-state index is 13.1. The summed E-state index contributed by atoms with van der Waals surface area (Å²) in [4.78, 5) is 16.6. The molecule has 1 N–H and O–H groups in total. The van der Waals surface area contributed by atoms with Gasteiger partial charge in [0.05, 0.1) is 5.69 Å². The summed E-state index contributed by atoms with van der Waals surface area (Å²) in [6.07, 6.45) is 3.83. The molecule has 146 valence electrons. The Hall–Kier alpha value is -3.87. The first-order valence-corrected chi connectivity index (χ1v) is 8.99. The highest BCUT2D eigenvalue weighted by molar-refractivity contribution is 5.92. The van der Waals surface area contributed by atoms with Crippen LogP contribution in [0.1, 0.15) is 5.69 Å². The van der Waals surface area contributed by atoms with Gasteiger partial charge in [0.1, 0.15) is 29.6 Å². The van der Waals surface area contributed by atoms with Crippen LogP contribution in [0.2, 0.25) is 0 Å². The van der Waals surface area contributed by atoms with Gasteiger partial charge in [-0.2, -0.15) is 0 Å². The number of nitrogens with zero attached hydrogens (tertiary/aromatic N) is 2. The normalized spacial score (nSPS) is 10.7. The minimum absolute atomic E-state index is 0.226. The quantitative estimate of drug-likeness (QED) is 0.516. The van der Waals surface area contributed by atoms with E-state index in [1.165, 1.54) is 18.2 Å². The first-order valence-electron chi connectivity index (χ1n) is 8.99. The molecule has 2 aromatic heterocycles. The Morgan fingerprint density at radius 3 is 2.66 bits per heavy atom. The van der Waals surface area contributed by atoms with Gasteiger partial charge in [-0.3, -0.25) is 4.79 Å². The predicted octanol–water partition coefficient (Wildman–Crippen LogP) is 4.07. The lowest BCUT2D eigenvalue weighted by molar-refractivity contribution is -0.118. The molecule has 29 heavy (non-hydrogen) atoms. The molecule has 0 atom stereocenters. The Bertz CT molecular complexity index is 1110.